The van der Waals surface area contributed by atoms with Gasteiger partial charge in [-0.15, -0.1) is 0 Å². The first-order chi connectivity index (χ1) is 15.2. The summed E-state index contributed by atoms with van der Waals surface area (Å²) in [6.45, 7) is 5.34. The minimum absolute atomic E-state index is 0.360. The van der Waals surface area contributed by atoms with Crippen LogP contribution in [-0.2, 0) is 14.4 Å². The number of halogens is 1. The smallest absolute Gasteiger partial charge is 0.325 e. The Morgan fingerprint density at radius 1 is 1.16 bits per heavy atom. The Morgan fingerprint density at radius 3 is 2.44 bits per heavy atom. The van der Waals surface area contributed by atoms with Crippen molar-refractivity contribution in [3.05, 3.63) is 70.8 Å². The van der Waals surface area contributed by atoms with Gasteiger partial charge >= 0.3 is 5.97 Å². The predicted octanol–water partition coefficient (Wildman–Crippen LogP) is 3.92. The third-order valence-electron chi connectivity index (χ3n) is 6.61. The molecular weight excluding hydrogens is 428 g/mol. The highest BCUT2D eigenvalue weighted by Gasteiger charge is 2.69. The van der Waals surface area contributed by atoms with Crippen LogP contribution in [0.3, 0.4) is 0 Å². The van der Waals surface area contributed by atoms with Crippen LogP contribution in [0.5, 0.6) is 0 Å². The molecule has 6 nitrogen and oxygen atoms in total. The average Bonchev–Trinajstić information content (AvgIpc) is 3.24. The van der Waals surface area contributed by atoms with E-state index < -0.39 is 47.1 Å². The molecule has 2 heterocycles. The second-order valence-electron chi connectivity index (χ2n) is 8.72. The summed E-state index contributed by atoms with van der Waals surface area (Å²) in [4.78, 5) is 40.8. The fraction of sp³-hybridized carbons (Fsp3) is 0.320. The maximum Gasteiger partial charge on any atom is 0.325 e. The van der Waals surface area contributed by atoms with E-state index >= 15 is 0 Å². The van der Waals surface area contributed by atoms with Crippen LogP contribution < -0.4 is 10.2 Å². The second-order valence-corrected chi connectivity index (χ2v) is 9.12. The van der Waals surface area contributed by atoms with Gasteiger partial charge in [0.15, 0.2) is 0 Å². The number of anilines is 1. The van der Waals surface area contributed by atoms with Crippen LogP contribution in [0.15, 0.2) is 54.6 Å². The molecule has 0 spiro atoms. The Labute approximate surface area is 191 Å². The number of carbonyl (C=O) groups is 3. The van der Waals surface area contributed by atoms with Gasteiger partial charge in [0.25, 0.3) is 0 Å². The molecule has 2 aromatic carbocycles. The van der Waals surface area contributed by atoms with Gasteiger partial charge in [-0.05, 0) is 36.1 Å². The molecular formula is C25H25ClN2O4. The summed E-state index contributed by atoms with van der Waals surface area (Å²) in [5.74, 6) is -4.36. The number of carbonyl (C=O) groups excluding carboxylic acids is 2. The lowest BCUT2D eigenvalue weighted by molar-refractivity contribution is -0.151. The summed E-state index contributed by atoms with van der Waals surface area (Å²) in [6, 6.07) is 13.9. The minimum Gasteiger partial charge on any atom is -0.480 e. The highest BCUT2D eigenvalue weighted by molar-refractivity contribution is 6.32. The van der Waals surface area contributed by atoms with E-state index in [4.69, 9.17) is 11.6 Å². The van der Waals surface area contributed by atoms with Crippen molar-refractivity contribution in [1.29, 1.82) is 0 Å². The van der Waals surface area contributed by atoms with Crippen LogP contribution in [0.2, 0.25) is 5.02 Å². The number of hydrogen-bond donors (Lipinski definition) is 2. The molecule has 0 aromatic heterocycles. The Hall–Kier alpha value is -2.96. The first-order valence-electron chi connectivity index (χ1n) is 10.6. The summed E-state index contributed by atoms with van der Waals surface area (Å²) in [7, 11) is 0. The van der Waals surface area contributed by atoms with Crippen LogP contribution in [-0.4, -0.2) is 34.5 Å². The summed E-state index contributed by atoms with van der Waals surface area (Å²) >= 11 is 6.24. The Kier molecular flexibility index (Phi) is 5.69. The summed E-state index contributed by atoms with van der Waals surface area (Å²) in [5, 5.41) is 13.8. The monoisotopic (exact) mass is 452 g/mol. The number of carboxylic acid groups (broad SMARTS) is 1. The molecule has 2 N–H and O–H groups in total. The van der Waals surface area contributed by atoms with E-state index in [9.17, 15) is 19.5 Å². The molecule has 7 heteroatoms. The van der Waals surface area contributed by atoms with Crippen LogP contribution >= 0.6 is 11.6 Å². The van der Waals surface area contributed by atoms with Gasteiger partial charge < -0.3 is 5.11 Å². The van der Waals surface area contributed by atoms with Crippen molar-refractivity contribution in [3.63, 3.8) is 0 Å². The second kappa shape index (κ2) is 8.19. The number of aryl methyl sites for hydroxylation is 1. The highest BCUT2D eigenvalue weighted by atomic mass is 35.5. The van der Waals surface area contributed by atoms with Crippen molar-refractivity contribution in [1.82, 2.24) is 5.32 Å². The number of rotatable bonds is 5. The van der Waals surface area contributed by atoms with Crippen LogP contribution in [0.4, 0.5) is 5.69 Å². The van der Waals surface area contributed by atoms with E-state index in [0.29, 0.717) is 10.7 Å². The van der Waals surface area contributed by atoms with Gasteiger partial charge in [-0.1, -0.05) is 74.0 Å². The largest absolute Gasteiger partial charge is 0.480 e. The molecule has 2 saturated heterocycles. The number of carboxylic acids is 1. The Balaban J connectivity index is 1.80. The molecule has 32 heavy (non-hydrogen) atoms. The highest BCUT2D eigenvalue weighted by Crippen LogP contribution is 2.48. The molecule has 4 unspecified atom stereocenters. The van der Waals surface area contributed by atoms with Crippen molar-refractivity contribution >= 4 is 41.1 Å². The number of imide groups is 1. The van der Waals surface area contributed by atoms with Crippen LogP contribution in [0, 0.1) is 24.7 Å². The molecule has 4 atom stereocenters. The molecule has 2 aliphatic heterocycles. The third-order valence-corrected chi connectivity index (χ3v) is 7.02. The first-order valence-corrected chi connectivity index (χ1v) is 10.9. The van der Waals surface area contributed by atoms with Gasteiger partial charge in [0, 0.05) is 11.1 Å². The fourth-order valence-corrected chi connectivity index (χ4v) is 5.05. The van der Waals surface area contributed by atoms with E-state index in [0.717, 1.165) is 16.0 Å². The van der Waals surface area contributed by atoms with Gasteiger partial charge in [0.1, 0.15) is 5.54 Å². The number of amides is 2. The minimum atomic E-state index is -1.56. The molecule has 2 fully saturated rings. The maximum atomic E-state index is 13.6. The maximum absolute atomic E-state index is 13.6. The Morgan fingerprint density at radius 2 is 1.84 bits per heavy atom. The summed E-state index contributed by atoms with van der Waals surface area (Å²) in [6.07, 6.45) is 3.63. The van der Waals surface area contributed by atoms with Gasteiger partial charge in [-0.2, -0.15) is 0 Å². The molecule has 4 rings (SSSR count). The SMILES string of the molecule is Cc1ccc(N2C(=O)C3C(C=Cc4ccccc4)NC(C(=O)O)(C(C)C)C3C2=O)cc1Cl. The first kappa shape index (κ1) is 22.2. The number of aliphatic carboxylic acids is 1. The number of hydrogen-bond acceptors (Lipinski definition) is 4. The predicted molar refractivity (Wildman–Crippen MR) is 123 cm³/mol. The van der Waals surface area contributed by atoms with Crippen molar-refractivity contribution < 1.29 is 19.5 Å². The van der Waals surface area contributed by atoms with E-state index in [1.54, 1.807) is 38.1 Å². The quantitative estimate of drug-likeness (QED) is 0.671. The lowest BCUT2D eigenvalue weighted by Gasteiger charge is -2.34. The number of nitrogens with one attached hydrogen (secondary N) is 1. The zero-order valence-corrected chi connectivity index (χ0v) is 18.8. The van der Waals surface area contributed by atoms with E-state index in [2.05, 4.69) is 5.32 Å². The molecule has 166 valence electrons. The van der Waals surface area contributed by atoms with E-state index in [1.165, 1.54) is 0 Å². The number of benzene rings is 2. The normalized spacial score (nSPS) is 27.5. The van der Waals surface area contributed by atoms with Crippen molar-refractivity contribution in [2.24, 2.45) is 17.8 Å². The van der Waals surface area contributed by atoms with E-state index in [1.807, 2.05) is 43.3 Å². The fourth-order valence-electron chi connectivity index (χ4n) is 4.88. The molecule has 2 amide bonds. The summed E-state index contributed by atoms with van der Waals surface area (Å²) < 4.78 is 0. The zero-order chi connectivity index (χ0) is 23.2. The van der Waals surface area contributed by atoms with Crippen LogP contribution in [0.25, 0.3) is 6.08 Å². The van der Waals surface area contributed by atoms with Gasteiger partial charge in [-0.25, -0.2) is 4.90 Å². The molecule has 0 radical (unpaired) electrons. The van der Waals surface area contributed by atoms with Gasteiger partial charge in [0.05, 0.1) is 17.5 Å². The van der Waals surface area contributed by atoms with Gasteiger partial charge in [-0.3, -0.25) is 19.7 Å². The van der Waals surface area contributed by atoms with Crippen molar-refractivity contribution in [2.75, 3.05) is 4.90 Å². The van der Waals surface area contributed by atoms with E-state index in [-0.39, 0.29) is 0 Å². The standard InChI is InChI=1S/C25H25ClN2O4/c1-14(2)25(24(31)32)21-20(19(27-25)12-10-16-7-5-4-6-8-16)22(29)28(23(21)30)17-11-9-15(3)18(26)13-17/h4-14,19-21,27H,1-3H3,(H,31,32). The molecule has 2 aliphatic rings. The van der Waals surface area contributed by atoms with Crippen molar-refractivity contribution in [3.8, 4) is 0 Å². The Bertz CT molecular complexity index is 1110. The topological polar surface area (TPSA) is 86.7 Å². The summed E-state index contributed by atoms with van der Waals surface area (Å²) in [5.41, 5.74) is 0.537. The lowest BCUT2D eigenvalue weighted by atomic mass is 9.73. The van der Waals surface area contributed by atoms with Gasteiger partial charge in [0.2, 0.25) is 11.8 Å². The van der Waals surface area contributed by atoms with Crippen molar-refractivity contribution in [2.45, 2.75) is 32.4 Å². The number of nitrogens with zero attached hydrogens (tertiary/aromatic N) is 1. The zero-order valence-electron chi connectivity index (χ0n) is 18.1. The average molecular weight is 453 g/mol. The van der Waals surface area contributed by atoms with Crippen LogP contribution in [0.1, 0.15) is 25.0 Å². The lowest BCUT2D eigenvalue weighted by Crippen LogP contribution is -2.60. The molecule has 0 bridgehead atoms. The molecule has 0 saturated carbocycles. The number of fused-ring (bicyclic) bond motifs is 1. The third kappa shape index (κ3) is 3.34. The molecule has 0 aliphatic carbocycles. The molecule has 2 aromatic rings.